The van der Waals surface area contributed by atoms with Crippen molar-refractivity contribution in [3.05, 3.63) is 82.5 Å². The summed E-state index contributed by atoms with van der Waals surface area (Å²) in [6.45, 7) is 1.72. The third-order valence-electron chi connectivity index (χ3n) is 5.25. The molecule has 0 spiro atoms. The van der Waals surface area contributed by atoms with Crippen molar-refractivity contribution in [2.24, 2.45) is 10.7 Å². The first-order valence-corrected chi connectivity index (χ1v) is 11.3. The Bertz CT molecular complexity index is 1140. The summed E-state index contributed by atoms with van der Waals surface area (Å²) in [5.74, 6) is 0. The monoisotopic (exact) mass is 446 g/mol. The van der Waals surface area contributed by atoms with Crippen molar-refractivity contribution in [2.45, 2.75) is 19.4 Å². The molecule has 1 aliphatic heterocycles. The van der Waals surface area contributed by atoms with E-state index in [4.69, 9.17) is 5.73 Å². The van der Waals surface area contributed by atoms with Gasteiger partial charge in [0, 0.05) is 49.5 Å². The molecule has 1 aliphatic rings. The molecule has 164 valence electrons. The molecule has 0 radical (unpaired) electrons. The van der Waals surface area contributed by atoms with Crippen molar-refractivity contribution in [3.8, 4) is 0 Å². The number of rotatable bonds is 6. The molecular weight excluding hydrogens is 420 g/mol. The van der Waals surface area contributed by atoms with Gasteiger partial charge >= 0.3 is 6.03 Å². The van der Waals surface area contributed by atoms with Gasteiger partial charge in [0.2, 0.25) is 0 Å². The van der Waals surface area contributed by atoms with Crippen LogP contribution in [0.3, 0.4) is 0 Å². The van der Waals surface area contributed by atoms with Crippen molar-refractivity contribution in [3.63, 3.8) is 0 Å². The topological polar surface area (TPSA) is 95.6 Å². The van der Waals surface area contributed by atoms with Gasteiger partial charge in [-0.15, -0.1) is 11.3 Å². The average Bonchev–Trinajstić information content (AvgIpc) is 3.28. The Morgan fingerprint density at radius 2 is 2.09 bits per heavy atom. The summed E-state index contributed by atoms with van der Waals surface area (Å²) in [5, 5.41) is 6.46. The molecular formula is C24H26N6OS. The summed E-state index contributed by atoms with van der Waals surface area (Å²) in [4.78, 5) is 24.1. The van der Waals surface area contributed by atoms with Crippen LogP contribution in [-0.4, -0.2) is 30.8 Å². The van der Waals surface area contributed by atoms with Gasteiger partial charge in [0.15, 0.2) is 5.13 Å². The van der Waals surface area contributed by atoms with Crippen LogP contribution in [0, 0.1) is 0 Å². The summed E-state index contributed by atoms with van der Waals surface area (Å²) in [6, 6.07) is 14.1. The van der Waals surface area contributed by atoms with E-state index in [0.717, 1.165) is 42.4 Å². The number of nitrogens with zero attached hydrogens (tertiary/aromatic N) is 3. The predicted molar refractivity (Wildman–Crippen MR) is 132 cm³/mol. The maximum absolute atomic E-state index is 11.6. The fourth-order valence-corrected chi connectivity index (χ4v) is 4.57. The molecule has 0 saturated carbocycles. The molecule has 8 heteroatoms. The lowest BCUT2D eigenvalue weighted by Gasteiger charge is -2.28. The number of carbonyl (C=O) groups excluding carboxylic acids is 1. The molecule has 2 heterocycles. The van der Waals surface area contributed by atoms with Crippen molar-refractivity contribution in [1.82, 2.24) is 10.3 Å². The fourth-order valence-electron chi connectivity index (χ4n) is 3.60. The zero-order valence-corrected chi connectivity index (χ0v) is 18.7. The first kappa shape index (κ1) is 21.6. The third-order valence-corrected chi connectivity index (χ3v) is 6.31. The van der Waals surface area contributed by atoms with E-state index < -0.39 is 0 Å². The van der Waals surface area contributed by atoms with Crippen LogP contribution in [-0.2, 0) is 19.4 Å². The van der Waals surface area contributed by atoms with E-state index in [1.54, 1.807) is 30.7 Å². The lowest BCUT2D eigenvalue weighted by atomic mass is 9.99. The van der Waals surface area contributed by atoms with Crippen LogP contribution >= 0.6 is 11.3 Å². The van der Waals surface area contributed by atoms with E-state index in [9.17, 15) is 4.79 Å². The highest BCUT2D eigenvalue weighted by atomic mass is 32.1. The van der Waals surface area contributed by atoms with Gasteiger partial charge in [0.1, 0.15) is 0 Å². The Kier molecular flexibility index (Phi) is 6.81. The average molecular weight is 447 g/mol. The minimum Gasteiger partial charge on any atom is -0.405 e. The van der Waals surface area contributed by atoms with E-state index in [2.05, 4.69) is 49.8 Å². The lowest BCUT2D eigenvalue weighted by Crippen LogP contribution is -2.30. The predicted octanol–water partition coefficient (Wildman–Crippen LogP) is 4.22. The lowest BCUT2D eigenvalue weighted by molar-refractivity contribution is 0.254. The molecule has 7 nitrogen and oxygen atoms in total. The van der Waals surface area contributed by atoms with Gasteiger partial charge in [-0.05, 0) is 59.7 Å². The number of nitrogens with two attached hydrogens (primary N) is 1. The van der Waals surface area contributed by atoms with Gasteiger partial charge in [-0.1, -0.05) is 18.2 Å². The van der Waals surface area contributed by atoms with E-state index in [1.165, 1.54) is 27.8 Å². The second kappa shape index (κ2) is 10.1. The Hall–Kier alpha value is -3.65. The number of allylic oxidation sites excluding steroid dienone is 1. The summed E-state index contributed by atoms with van der Waals surface area (Å²) in [6.07, 6.45) is 8.61. The zero-order valence-electron chi connectivity index (χ0n) is 17.9. The highest BCUT2D eigenvalue weighted by Gasteiger charge is 2.19. The van der Waals surface area contributed by atoms with Gasteiger partial charge in [0.05, 0.1) is 5.69 Å². The number of aromatic nitrogens is 1. The van der Waals surface area contributed by atoms with Gasteiger partial charge < -0.3 is 21.3 Å². The minimum absolute atomic E-state index is 0.214. The molecule has 0 fully saturated rings. The standard InChI is InChI=1S/C24H26N6OS/c1-26-23(31)29-21-8-5-18-9-12-30(16-19(18)14-21)24-28-15-22(32-24)13-17-3-6-20(7-4-17)27-11-2-10-25/h2-8,10-11,14-15H,9,12-13,16,25H2,1H3,(H2,26,29,31). The number of anilines is 2. The van der Waals surface area contributed by atoms with Crippen molar-refractivity contribution in [2.75, 3.05) is 23.8 Å². The Balaban J connectivity index is 1.41. The number of thiazole rings is 1. The molecule has 2 amide bonds. The number of amides is 2. The molecule has 4 rings (SSSR count). The molecule has 4 N–H and O–H groups in total. The maximum atomic E-state index is 11.6. The molecule has 3 aromatic rings. The van der Waals surface area contributed by atoms with Gasteiger partial charge in [-0.3, -0.25) is 4.99 Å². The quantitative estimate of drug-likeness (QED) is 0.494. The van der Waals surface area contributed by atoms with Gasteiger partial charge in [-0.2, -0.15) is 0 Å². The first-order chi connectivity index (χ1) is 15.6. The molecule has 0 bridgehead atoms. The Morgan fingerprint density at radius 3 is 2.88 bits per heavy atom. The van der Waals surface area contributed by atoms with Crippen molar-refractivity contribution >= 4 is 40.1 Å². The van der Waals surface area contributed by atoms with E-state index >= 15 is 0 Å². The third kappa shape index (κ3) is 5.33. The van der Waals surface area contributed by atoms with Crippen LogP contribution in [0.2, 0.25) is 0 Å². The number of hydrogen-bond acceptors (Lipinski definition) is 6. The summed E-state index contributed by atoms with van der Waals surface area (Å²) in [7, 11) is 1.61. The first-order valence-electron chi connectivity index (χ1n) is 10.4. The van der Waals surface area contributed by atoms with Crippen LogP contribution in [0.25, 0.3) is 0 Å². The largest absolute Gasteiger partial charge is 0.405 e. The molecule has 2 aromatic carbocycles. The van der Waals surface area contributed by atoms with Crippen molar-refractivity contribution in [1.29, 1.82) is 0 Å². The summed E-state index contributed by atoms with van der Waals surface area (Å²) in [5.41, 5.74) is 10.8. The number of aliphatic imine (C=N–C) groups is 1. The number of hydrogen-bond donors (Lipinski definition) is 3. The number of nitrogens with one attached hydrogen (secondary N) is 2. The van der Waals surface area contributed by atoms with E-state index in [-0.39, 0.29) is 6.03 Å². The number of benzene rings is 2. The van der Waals surface area contributed by atoms with Gasteiger partial charge in [0.25, 0.3) is 0 Å². The highest BCUT2D eigenvalue weighted by molar-refractivity contribution is 7.15. The minimum atomic E-state index is -0.214. The molecule has 32 heavy (non-hydrogen) atoms. The van der Waals surface area contributed by atoms with Crippen LogP contribution in [0.5, 0.6) is 0 Å². The highest BCUT2D eigenvalue weighted by Crippen LogP contribution is 2.30. The SMILES string of the molecule is CNC(=O)Nc1ccc2c(c1)CN(c1ncc(Cc3ccc(N=CC=CN)cc3)s1)CC2. The summed E-state index contributed by atoms with van der Waals surface area (Å²) >= 11 is 1.73. The Labute approximate surface area is 191 Å². The van der Waals surface area contributed by atoms with E-state index in [1.807, 2.05) is 24.4 Å². The van der Waals surface area contributed by atoms with Gasteiger partial charge in [-0.25, -0.2) is 9.78 Å². The van der Waals surface area contributed by atoms with Crippen LogP contribution in [0.15, 0.2) is 65.9 Å². The second-order valence-corrected chi connectivity index (χ2v) is 8.57. The second-order valence-electron chi connectivity index (χ2n) is 7.47. The maximum Gasteiger partial charge on any atom is 0.318 e. The molecule has 1 aromatic heterocycles. The van der Waals surface area contributed by atoms with Crippen LogP contribution in [0.1, 0.15) is 21.6 Å². The number of urea groups is 1. The Morgan fingerprint density at radius 1 is 1.25 bits per heavy atom. The zero-order chi connectivity index (χ0) is 22.3. The van der Waals surface area contributed by atoms with Crippen LogP contribution in [0.4, 0.5) is 21.3 Å². The number of carbonyl (C=O) groups is 1. The fraction of sp³-hybridized carbons (Fsp3) is 0.208. The smallest absolute Gasteiger partial charge is 0.318 e. The molecule has 0 aliphatic carbocycles. The van der Waals surface area contributed by atoms with Crippen LogP contribution < -0.4 is 21.3 Å². The van der Waals surface area contributed by atoms with E-state index in [0.29, 0.717) is 0 Å². The number of fused-ring (bicyclic) bond motifs is 1. The molecule has 0 saturated heterocycles. The molecule has 0 unspecified atom stereocenters. The normalized spacial score (nSPS) is 13.5. The summed E-state index contributed by atoms with van der Waals surface area (Å²) < 4.78 is 0. The molecule has 0 atom stereocenters. The van der Waals surface area contributed by atoms with Crippen molar-refractivity contribution < 1.29 is 4.79 Å².